The van der Waals surface area contributed by atoms with Gasteiger partial charge in [-0.25, -0.2) is 0 Å². The average Bonchev–Trinajstić information content (AvgIpc) is 3.36. The van der Waals surface area contributed by atoms with Gasteiger partial charge in [0, 0.05) is 215 Å². The van der Waals surface area contributed by atoms with Gasteiger partial charge in [-0.1, -0.05) is 31.7 Å². The van der Waals surface area contributed by atoms with E-state index >= 15 is 0 Å². The molecular weight excluding hydrogens is 1200 g/mol. The monoisotopic (exact) mass is 1270 g/mol. The molecule has 25 heteroatoms. The van der Waals surface area contributed by atoms with E-state index in [4.69, 9.17) is 32.6 Å². The number of hydrogen-bond acceptors (Lipinski definition) is 10. The third-order valence-corrected chi connectivity index (χ3v) is 43.3. The second kappa shape index (κ2) is 39.1. The Balaban J connectivity index is 0.000000309. The van der Waals surface area contributed by atoms with E-state index in [1.165, 1.54) is 69.1 Å². The van der Waals surface area contributed by atoms with E-state index < -0.39 is 0 Å². The summed E-state index contributed by atoms with van der Waals surface area (Å²) >= 11 is 9.46. The van der Waals surface area contributed by atoms with Crippen LogP contribution in [0.1, 0.15) is 123 Å². The van der Waals surface area contributed by atoms with Gasteiger partial charge in [0.25, 0.3) is 0 Å². The number of ketones is 6. The van der Waals surface area contributed by atoms with Gasteiger partial charge in [0.15, 0.2) is 11.6 Å². The fourth-order valence-electron chi connectivity index (χ4n) is 12.0. The van der Waals surface area contributed by atoms with Crippen molar-refractivity contribution in [1.82, 2.24) is 0 Å². The summed E-state index contributed by atoms with van der Waals surface area (Å²) in [6, 6.07) is 0. The van der Waals surface area contributed by atoms with E-state index in [1.807, 2.05) is 12.2 Å². The number of allylic oxidation sites excluding steroid dienone is 6. The van der Waals surface area contributed by atoms with E-state index in [1.54, 1.807) is 119 Å². The number of carbonyl (C=O) groups is 6. The Morgan fingerprint density at radius 1 is 0.429 bits per heavy atom. The van der Waals surface area contributed by atoms with Gasteiger partial charge in [0.2, 0.25) is 0 Å². The molecule has 8 nitrogen and oxygen atoms in total. The maximum absolute atomic E-state index is 12.1. The molecule has 0 aromatic carbocycles. The van der Waals surface area contributed by atoms with Crippen LogP contribution in [0.25, 0.3) is 0 Å². The molecule has 9 aliphatic rings. The van der Waals surface area contributed by atoms with Crippen molar-refractivity contribution in [2.45, 2.75) is 123 Å². The molecule has 9 aliphatic carbocycles. The number of hydrogen-bond donors (Lipinski definition) is 1. The number of carbonyl (C=O) groups excluding carboxylic acids is 6. The molecule has 0 unspecified atom stereocenters. The predicted molar refractivity (Wildman–Crippen MR) is 321 cm³/mol. The first kappa shape index (κ1) is 67.8. The van der Waals surface area contributed by atoms with Crippen LogP contribution in [0.3, 0.4) is 0 Å². The van der Waals surface area contributed by atoms with Gasteiger partial charge in [-0.2, -0.15) is 7.11 Å². The van der Waals surface area contributed by atoms with Crippen molar-refractivity contribution in [1.29, 1.82) is 0 Å². The smallest absolute Gasteiger partial charge is 0.857 e. The molecule has 6 saturated carbocycles. The Morgan fingerprint density at radius 2 is 0.671 bits per heavy atom. The maximum Gasteiger partial charge on any atom is 1.00 e. The van der Waals surface area contributed by atoms with Crippen LogP contribution in [0.4, 0.5) is 0 Å². The molecule has 0 aromatic heterocycles. The van der Waals surface area contributed by atoms with Crippen molar-refractivity contribution in [3.8, 4) is 0 Å². The summed E-state index contributed by atoms with van der Waals surface area (Å²) in [5, 5.41) is 15.2. The Labute approximate surface area is 488 Å². The fraction of sp³-hybridized carbons (Fsp3) is 0.733. The first-order valence-corrected chi connectivity index (χ1v) is 42.9. The molecule has 0 aromatic rings. The van der Waals surface area contributed by atoms with Gasteiger partial charge in [-0.05, 0) is 138 Å². The quantitative estimate of drug-likeness (QED) is 0.281. The molecule has 0 spiro atoms. The van der Waals surface area contributed by atoms with Crippen LogP contribution in [-0.2, 0) is 175 Å². The van der Waals surface area contributed by atoms with Crippen LogP contribution in [0, 0.1) is 71.0 Å². The molecule has 12 atom stereocenters. The van der Waals surface area contributed by atoms with Gasteiger partial charge in [0.1, 0.15) is 23.1 Å². The van der Waals surface area contributed by atoms with Crippen molar-refractivity contribution in [2.24, 2.45) is 71.0 Å². The first-order valence-electron chi connectivity index (χ1n) is 22.9. The molecule has 0 radical (unpaired) electrons. The Morgan fingerprint density at radius 3 is 0.914 bits per heavy atom. The molecule has 0 aliphatic heterocycles. The number of rotatable bonds is 0. The summed E-state index contributed by atoms with van der Waals surface area (Å²) in [6.07, 6.45) is 30.0. The molecule has 0 saturated heterocycles. The van der Waals surface area contributed by atoms with E-state index in [0.717, 1.165) is 78.4 Å². The minimum atomic E-state index is -0.0996. The van der Waals surface area contributed by atoms with Crippen molar-refractivity contribution in [3.05, 3.63) is 36.5 Å². The molecule has 0 amide bonds. The fourth-order valence-corrected chi connectivity index (χ4v) is 45.0. The molecule has 0 bridgehead atoms. The maximum atomic E-state index is 12.1. The third-order valence-electron chi connectivity index (χ3n) is 14.4. The van der Waals surface area contributed by atoms with Crippen molar-refractivity contribution in [2.75, 3.05) is 14.2 Å². The SMILES string of the molecule is C.CO.C[O-].O=C1C=CC[C@H]2C=C[C@@H]3CC=CC(=O)[C@H]3[C@@H]12.O=C1CCC[C@H]2CC[C@@H]3CCCC(=O)[C@@H]3[C@H]12.O=C1CCC[C@H]2CC[C@@H]3CCCC(=O)[C@H]3[C@H]12.S=S=S=S=S=S=S=S=S=S=S=S=S=S=S=S.[Na+]. The molecule has 70 heavy (non-hydrogen) atoms. The molecule has 390 valence electrons. The second-order valence-corrected chi connectivity index (χ2v) is 42.3. The van der Waals surface area contributed by atoms with Crippen molar-refractivity contribution in [3.63, 3.8) is 0 Å². The number of aliphatic hydroxyl groups excluding tert-OH is 1. The average molecular weight is 1270 g/mol. The number of aliphatic hydroxyl groups is 1. The Hall–Kier alpha value is 1.68. The molecule has 1 N–H and O–H groups in total. The summed E-state index contributed by atoms with van der Waals surface area (Å²) in [5.74, 6) is 4.87. The zero-order valence-corrected chi connectivity index (χ0v) is 54.0. The number of fused-ring (bicyclic) bond motifs is 9. The van der Waals surface area contributed by atoms with E-state index in [2.05, 4.69) is 12.2 Å². The Bertz CT molecular complexity index is 2330. The van der Waals surface area contributed by atoms with Gasteiger partial charge in [0.05, 0.1) is 0 Å². The van der Waals surface area contributed by atoms with Crippen molar-refractivity contribution < 1.29 is 68.5 Å². The predicted octanol–water partition coefficient (Wildman–Crippen LogP) is 3.77. The van der Waals surface area contributed by atoms with Gasteiger partial charge in [-0.15, -0.1) is 0 Å². The van der Waals surface area contributed by atoms with Crippen LogP contribution >= 0.6 is 0 Å². The summed E-state index contributed by atoms with van der Waals surface area (Å²) in [4.78, 5) is 72.2. The largest absolute Gasteiger partial charge is 1.00 e. The van der Waals surface area contributed by atoms with Crippen LogP contribution in [0.15, 0.2) is 36.5 Å². The normalized spacial score (nSPS) is 31.1. The molecule has 6 fully saturated rings. The molecular formula is C45H65NaO8S16. The van der Waals surface area contributed by atoms with Gasteiger partial charge < -0.3 is 10.2 Å². The van der Waals surface area contributed by atoms with Crippen LogP contribution in [0.5, 0.6) is 0 Å². The minimum Gasteiger partial charge on any atom is -0.857 e. The zero-order chi connectivity index (χ0) is 49.3. The van der Waals surface area contributed by atoms with Gasteiger partial charge >= 0.3 is 29.6 Å². The zero-order valence-electron chi connectivity index (χ0n) is 39.0. The summed E-state index contributed by atoms with van der Waals surface area (Å²) < 4.78 is 0. The minimum absolute atomic E-state index is 0. The van der Waals surface area contributed by atoms with E-state index in [-0.39, 0.29) is 95.9 Å². The third kappa shape index (κ3) is 20.8. The van der Waals surface area contributed by atoms with Crippen LogP contribution in [-0.4, -0.2) is 54.0 Å². The molecule has 0 heterocycles. The van der Waals surface area contributed by atoms with Crippen LogP contribution in [0.2, 0.25) is 0 Å². The topological polar surface area (TPSA) is 146 Å². The van der Waals surface area contributed by atoms with Gasteiger partial charge in [-0.3, -0.25) is 28.8 Å². The summed E-state index contributed by atoms with van der Waals surface area (Å²) in [6.45, 7) is 0. The molecule has 9 rings (SSSR count). The van der Waals surface area contributed by atoms with E-state index in [9.17, 15) is 28.8 Å². The number of Topliss-reactive ketones (excluding diaryl/α,β-unsaturated/α-hetero) is 4. The van der Waals surface area contributed by atoms with Crippen molar-refractivity contribution >= 4 is 181 Å². The summed E-state index contributed by atoms with van der Waals surface area (Å²) in [5.41, 5.74) is 0. The summed E-state index contributed by atoms with van der Waals surface area (Å²) in [7, 11) is 25.3. The van der Waals surface area contributed by atoms with Crippen LogP contribution < -0.4 is 34.7 Å². The standard InChI is InChI=1S/2C14H20O2.C14H14O2.CH4O.CH3O.CH4.Na.S16/c3*15-11-5-1-3-9-7-8-10-4-2-6-12(16)14(10)13(9)11;2*1-2;;;1-3-5-7-9-11-13-15-16-14-12-10-8-6-4-2/h2*9-10,13-14H,1-8H2;1-2,5-10,13-14H,3-4H2;2H,1H3;1H3;1H4;;/q;;;;-1;;+1;/t9-,10-,13-,14+;9-,10-,13-,14-;9-,10-,13-,14+;;;;;/m000...../s1. The Kier molecular flexibility index (Phi) is 37.9. The van der Waals surface area contributed by atoms with E-state index in [0.29, 0.717) is 46.8 Å². The second-order valence-electron chi connectivity index (χ2n) is 17.5. The first-order chi connectivity index (χ1) is 33.2.